The first kappa shape index (κ1) is 19.6. The summed E-state index contributed by atoms with van der Waals surface area (Å²) in [5.41, 5.74) is 0.886. The molecule has 0 amide bonds. The van der Waals surface area contributed by atoms with Crippen LogP contribution in [0.25, 0.3) is 0 Å². The number of nitrogens with zero attached hydrogens (tertiary/aromatic N) is 2. The van der Waals surface area contributed by atoms with Gasteiger partial charge in [0.25, 0.3) is 0 Å². The second kappa shape index (κ2) is 9.01. The zero-order valence-corrected chi connectivity index (χ0v) is 15.5. The minimum atomic E-state index is -0.915. The van der Waals surface area contributed by atoms with E-state index in [2.05, 4.69) is 10.3 Å². The van der Waals surface area contributed by atoms with Crippen molar-refractivity contribution in [3.05, 3.63) is 35.6 Å². The molecule has 0 aromatic heterocycles. The molecule has 6 heteroatoms. The van der Waals surface area contributed by atoms with Crippen molar-refractivity contribution in [3.8, 4) is 0 Å². The van der Waals surface area contributed by atoms with Gasteiger partial charge in [-0.1, -0.05) is 12.1 Å². The minimum absolute atomic E-state index is 0.221. The topological polar surface area (TPSA) is 44.7 Å². The fraction of sp³-hybridized carbons (Fsp3) is 0.588. The highest BCUT2D eigenvalue weighted by atomic mass is 32.2. The summed E-state index contributed by atoms with van der Waals surface area (Å²) in [4.78, 5) is 6.47. The average Bonchev–Trinajstić information content (AvgIpc) is 2.45. The predicted octanol–water partition coefficient (Wildman–Crippen LogP) is 2.77. The van der Waals surface area contributed by atoms with Crippen molar-refractivity contribution in [1.29, 1.82) is 0 Å². The summed E-state index contributed by atoms with van der Waals surface area (Å²) in [6.07, 6.45) is 0. The first-order valence-electron chi connectivity index (χ1n) is 7.86. The highest BCUT2D eigenvalue weighted by Gasteiger charge is 2.18. The van der Waals surface area contributed by atoms with Crippen LogP contribution < -0.4 is 5.32 Å². The van der Waals surface area contributed by atoms with E-state index in [4.69, 9.17) is 0 Å². The summed E-state index contributed by atoms with van der Waals surface area (Å²) in [5.74, 6) is 1.03. The van der Waals surface area contributed by atoms with E-state index in [1.165, 1.54) is 12.1 Å². The summed E-state index contributed by atoms with van der Waals surface area (Å²) < 4.78 is 25.1. The van der Waals surface area contributed by atoms with E-state index < -0.39 is 10.8 Å². The van der Waals surface area contributed by atoms with Gasteiger partial charge < -0.3 is 10.2 Å². The molecule has 0 spiro atoms. The number of benzene rings is 1. The molecule has 0 aliphatic heterocycles. The van der Waals surface area contributed by atoms with Crippen LogP contribution in [0.5, 0.6) is 0 Å². The molecule has 1 atom stereocenters. The highest BCUT2D eigenvalue weighted by molar-refractivity contribution is 7.86. The molecular formula is C17H28FN3OS. The Morgan fingerprint density at radius 2 is 2.09 bits per heavy atom. The average molecular weight is 341 g/mol. The van der Waals surface area contributed by atoms with Crippen LogP contribution in [-0.2, 0) is 17.3 Å². The molecule has 0 saturated heterocycles. The molecule has 0 aliphatic rings. The van der Waals surface area contributed by atoms with Crippen LogP contribution in [0.2, 0.25) is 0 Å². The van der Waals surface area contributed by atoms with Crippen molar-refractivity contribution in [3.63, 3.8) is 0 Å². The Morgan fingerprint density at radius 1 is 1.39 bits per heavy atom. The second-order valence-corrected chi connectivity index (χ2v) is 8.71. The van der Waals surface area contributed by atoms with Gasteiger partial charge in [-0.2, -0.15) is 0 Å². The van der Waals surface area contributed by atoms with Crippen LogP contribution >= 0.6 is 0 Å². The molecule has 130 valence electrons. The number of halogens is 1. The molecule has 0 fully saturated rings. The lowest BCUT2D eigenvalue weighted by Crippen LogP contribution is -2.39. The largest absolute Gasteiger partial charge is 0.357 e. The molecule has 0 aliphatic carbocycles. The van der Waals surface area contributed by atoms with E-state index in [0.29, 0.717) is 18.8 Å². The number of hydrogen-bond acceptors (Lipinski definition) is 2. The Kier molecular flexibility index (Phi) is 7.68. The highest BCUT2D eigenvalue weighted by Crippen LogP contribution is 2.11. The van der Waals surface area contributed by atoms with Crippen molar-refractivity contribution in [1.82, 2.24) is 10.2 Å². The van der Waals surface area contributed by atoms with Crippen LogP contribution in [0, 0.1) is 5.82 Å². The quantitative estimate of drug-likeness (QED) is 0.639. The van der Waals surface area contributed by atoms with Crippen LogP contribution in [0.4, 0.5) is 4.39 Å². The Hall–Kier alpha value is -1.43. The lowest BCUT2D eigenvalue weighted by molar-refractivity contribution is 0.475. The minimum Gasteiger partial charge on any atom is -0.357 e. The third-order valence-corrected chi connectivity index (χ3v) is 5.15. The summed E-state index contributed by atoms with van der Waals surface area (Å²) in [6, 6.07) is 6.55. The van der Waals surface area contributed by atoms with E-state index in [9.17, 15) is 8.60 Å². The number of aliphatic imine (C=N–C) groups is 1. The van der Waals surface area contributed by atoms with Gasteiger partial charge in [-0.15, -0.1) is 0 Å². The maximum Gasteiger partial charge on any atom is 0.193 e. The van der Waals surface area contributed by atoms with Crippen LogP contribution in [0.3, 0.4) is 0 Å². The van der Waals surface area contributed by atoms with Crippen LogP contribution in [0.1, 0.15) is 33.3 Å². The normalized spacial score (nSPS) is 13.7. The smallest absolute Gasteiger partial charge is 0.193 e. The molecular weight excluding hydrogens is 313 g/mol. The van der Waals surface area contributed by atoms with E-state index in [1.807, 2.05) is 45.7 Å². The molecule has 1 rings (SSSR count). The maximum absolute atomic E-state index is 13.3. The van der Waals surface area contributed by atoms with Crippen molar-refractivity contribution in [2.75, 3.05) is 25.9 Å². The molecule has 1 aromatic rings. The second-order valence-electron chi connectivity index (χ2n) is 6.38. The van der Waals surface area contributed by atoms with E-state index in [-0.39, 0.29) is 10.6 Å². The first-order chi connectivity index (χ1) is 10.7. The molecule has 0 saturated carbocycles. The Morgan fingerprint density at radius 3 is 2.65 bits per heavy atom. The van der Waals surface area contributed by atoms with Crippen molar-refractivity contribution in [2.45, 2.75) is 39.0 Å². The molecule has 1 aromatic carbocycles. The van der Waals surface area contributed by atoms with Crippen molar-refractivity contribution < 1.29 is 8.60 Å². The zero-order chi connectivity index (χ0) is 17.5. The van der Waals surface area contributed by atoms with Gasteiger partial charge >= 0.3 is 0 Å². The molecule has 1 N–H and O–H groups in total. The third kappa shape index (κ3) is 7.12. The van der Waals surface area contributed by atoms with Gasteiger partial charge in [-0.3, -0.25) is 9.20 Å². The van der Waals surface area contributed by atoms with Gasteiger partial charge in [0.1, 0.15) is 5.82 Å². The number of rotatable bonds is 6. The standard InChI is InChI=1S/C17H28FN3OS/c1-6-19-16(20-10-11-23(22)17(2,3)4)21(5)13-14-8-7-9-15(18)12-14/h7-9,12H,6,10-11,13H2,1-5H3,(H,19,20). The lowest BCUT2D eigenvalue weighted by atomic mass is 10.2. The van der Waals surface area contributed by atoms with Crippen LogP contribution in [0.15, 0.2) is 29.3 Å². The van der Waals surface area contributed by atoms with Crippen LogP contribution in [-0.4, -0.2) is 45.7 Å². The fourth-order valence-corrected chi connectivity index (χ4v) is 2.86. The van der Waals surface area contributed by atoms with Crippen molar-refractivity contribution in [2.24, 2.45) is 4.99 Å². The van der Waals surface area contributed by atoms with E-state index in [0.717, 1.165) is 18.1 Å². The monoisotopic (exact) mass is 341 g/mol. The predicted molar refractivity (Wildman–Crippen MR) is 96.6 cm³/mol. The molecule has 1 unspecified atom stereocenters. The third-order valence-electron chi connectivity index (χ3n) is 3.23. The van der Waals surface area contributed by atoms with Gasteiger partial charge in [0.2, 0.25) is 0 Å². The van der Waals surface area contributed by atoms with E-state index >= 15 is 0 Å². The molecule has 0 radical (unpaired) electrons. The SMILES string of the molecule is CCNC(=NCCS(=O)C(C)(C)C)N(C)Cc1cccc(F)c1. The summed E-state index contributed by atoms with van der Waals surface area (Å²) in [7, 11) is 0.995. The van der Waals surface area contributed by atoms with Gasteiger partial charge in [0.15, 0.2) is 5.96 Å². The summed E-state index contributed by atoms with van der Waals surface area (Å²) in [5, 5.41) is 3.21. The van der Waals surface area contributed by atoms with E-state index in [1.54, 1.807) is 6.07 Å². The van der Waals surface area contributed by atoms with Gasteiger partial charge in [-0.25, -0.2) is 4.39 Å². The number of hydrogen-bond donors (Lipinski definition) is 1. The molecule has 0 heterocycles. The Labute approximate surface area is 141 Å². The van der Waals surface area contributed by atoms with Gasteiger partial charge in [0.05, 0.1) is 6.54 Å². The number of guanidine groups is 1. The maximum atomic E-state index is 13.3. The summed E-state index contributed by atoms with van der Waals surface area (Å²) in [6.45, 7) is 9.70. The molecule has 4 nitrogen and oxygen atoms in total. The Bertz CT molecular complexity index is 555. The van der Waals surface area contributed by atoms with Crippen molar-refractivity contribution >= 4 is 16.8 Å². The van der Waals surface area contributed by atoms with Gasteiger partial charge in [0, 0.05) is 41.4 Å². The molecule has 0 bridgehead atoms. The lowest BCUT2D eigenvalue weighted by Gasteiger charge is -2.22. The Balaban J connectivity index is 2.68. The fourth-order valence-electron chi connectivity index (χ4n) is 1.99. The zero-order valence-electron chi connectivity index (χ0n) is 14.7. The number of nitrogens with one attached hydrogen (secondary N) is 1. The van der Waals surface area contributed by atoms with Gasteiger partial charge in [-0.05, 0) is 45.4 Å². The first-order valence-corrected chi connectivity index (χ1v) is 9.18. The summed E-state index contributed by atoms with van der Waals surface area (Å²) >= 11 is 0. The molecule has 23 heavy (non-hydrogen) atoms.